The second kappa shape index (κ2) is 6.90. The molecule has 5 atom stereocenters. The molecule has 0 aromatic heterocycles. The van der Waals surface area contributed by atoms with Crippen LogP contribution < -0.4 is 14.8 Å². The normalized spacial score (nSPS) is 36.5. The molecule has 2 aliphatic heterocycles. The average Bonchev–Trinajstić information content (AvgIpc) is 3.20. The second-order valence-corrected chi connectivity index (χ2v) is 9.99. The average molecular weight is 400 g/mol. The Kier molecular flexibility index (Phi) is 4.57. The predicted octanol–water partition coefficient (Wildman–Crippen LogP) is 4.26. The number of benzene rings is 1. The second-order valence-electron chi connectivity index (χ2n) is 9.99. The van der Waals surface area contributed by atoms with Crippen molar-refractivity contribution < 1.29 is 19.0 Å². The van der Waals surface area contributed by atoms with Crippen LogP contribution in [-0.2, 0) is 9.53 Å². The third-order valence-electron chi connectivity index (χ3n) is 8.18. The Hall–Kier alpha value is -1.75. The van der Waals surface area contributed by atoms with E-state index in [9.17, 15) is 4.79 Å². The fourth-order valence-corrected chi connectivity index (χ4v) is 6.81. The van der Waals surface area contributed by atoms with E-state index in [2.05, 4.69) is 38.2 Å². The summed E-state index contributed by atoms with van der Waals surface area (Å²) in [6.45, 7) is 8.73. The van der Waals surface area contributed by atoms with Crippen LogP contribution in [0.15, 0.2) is 18.2 Å². The van der Waals surface area contributed by atoms with Gasteiger partial charge in [0.25, 0.3) is 0 Å². The summed E-state index contributed by atoms with van der Waals surface area (Å²) >= 11 is 0. The van der Waals surface area contributed by atoms with Crippen molar-refractivity contribution in [2.24, 2.45) is 22.7 Å². The summed E-state index contributed by atoms with van der Waals surface area (Å²) in [4.78, 5) is 12.6. The summed E-state index contributed by atoms with van der Waals surface area (Å²) in [6.07, 6.45) is 4.97. The van der Waals surface area contributed by atoms with E-state index in [1.807, 2.05) is 6.07 Å². The van der Waals surface area contributed by atoms with Gasteiger partial charge in [0.05, 0.1) is 6.10 Å². The number of rotatable bonds is 4. The van der Waals surface area contributed by atoms with Gasteiger partial charge in [0.15, 0.2) is 11.5 Å². The monoisotopic (exact) mass is 399 g/mol. The molecule has 5 heteroatoms. The van der Waals surface area contributed by atoms with Gasteiger partial charge < -0.3 is 19.5 Å². The van der Waals surface area contributed by atoms with E-state index in [4.69, 9.17) is 14.2 Å². The lowest BCUT2D eigenvalue weighted by molar-refractivity contribution is -0.137. The van der Waals surface area contributed by atoms with Crippen molar-refractivity contribution in [1.82, 2.24) is 5.32 Å². The molecular formula is C24H33NO4. The maximum Gasteiger partial charge on any atom is 0.220 e. The molecule has 158 valence electrons. The van der Waals surface area contributed by atoms with Gasteiger partial charge in [0.1, 0.15) is 13.2 Å². The molecule has 1 aromatic carbocycles. The highest BCUT2D eigenvalue weighted by atomic mass is 16.6. The summed E-state index contributed by atoms with van der Waals surface area (Å²) in [5.41, 5.74) is 1.45. The predicted molar refractivity (Wildman–Crippen MR) is 110 cm³/mol. The Labute approximate surface area is 173 Å². The first-order valence-corrected chi connectivity index (χ1v) is 11.3. The lowest BCUT2D eigenvalue weighted by atomic mass is 9.59. The Morgan fingerprint density at radius 1 is 1.17 bits per heavy atom. The van der Waals surface area contributed by atoms with Gasteiger partial charge in [0, 0.05) is 19.1 Å². The van der Waals surface area contributed by atoms with Crippen molar-refractivity contribution in [2.45, 2.75) is 65.0 Å². The molecule has 29 heavy (non-hydrogen) atoms. The van der Waals surface area contributed by atoms with Gasteiger partial charge in [-0.3, -0.25) is 4.79 Å². The third-order valence-corrected chi connectivity index (χ3v) is 8.18. The highest BCUT2D eigenvalue weighted by molar-refractivity contribution is 5.76. The molecule has 0 unspecified atom stereocenters. The SMILES string of the molecule is CCCC(=O)N[C@H]1C(C)(C)[C@@H]2C[C@@H]3[C@@H](c4ccc5c(c4)OCCO5)OCC[C@@]31C2. The van der Waals surface area contributed by atoms with Crippen LogP contribution in [0, 0.1) is 22.7 Å². The Balaban J connectivity index is 1.46. The molecule has 1 spiro atoms. The zero-order valence-corrected chi connectivity index (χ0v) is 17.8. The van der Waals surface area contributed by atoms with Crippen LogP contribution in [0.4, 0.5) is 0 Å². The fraction of sp³-hybridized carbons (Fsp3) is 0.708. The van der Waals surface area contributed by atoms with Crippen LogP contribution in [0.3, 0.4) is 0 Å². The highest BCUT2D eigenvalue weighted by Crippen LogP contribution is 2.70. The van der Waals surface area contributed by atoms with Crippen molar-refractivity contribution in [3.63, 3.8) is 0 Å². The molecule has 1 N–H and O–H groups in total. The van der Waals surface area contributed by atoms with Crippen LogP contribution >= 0.6 is 0 Å². The molecule has 3 fully saturated rings. The lowest BCUT2D eigenvalue weighted by Crippen LogP contribution is -2.58. The molecule has 2 bridgehead atoms. The number of hydrogen-bond donors (Lipinski definition) is 1. The molecule has 2 aliphatic carbocycles. The maximum atomic E-state index is 12.6. The van der Waals surface area contributed by atoms with E-state index in [0.29, 0.717) is 31.5 Å². The number of carbonyl (C=O) groups is 1. The summed E-state index contributed by atoms with van der Waals surface area (Å²) in [6, 6.07) is 6.49. The van der Waals surface area contributed by atoms with Gasteiger partial charge in [-0.15, -0.1) is 0 Å². The number of hydrogen-bond acceptors (Lipinski definition) is 4. The molecule has 1 amide bonds. The van der Waals surface area contributed by atoms with Gasteiger partial charge >= 0.3 is 0 Å². The Bertz CT molecular complexity index is 806. The van der Waals surface area contributed by atoms with Gasteiger partial charge in [-0.25, -0.2) is 0 Å². The fourth-order valence-electron chi connectivity index (χ4n) is 6.81. The van der Waals surface area contributed by atoms with Crippen LogP contribution in [0.2, 0.25) is 0 Å². The van der Waals surface area contributed by atoms with E-state index in [0.717, 1.165) is 30.9 Å². The minimum atomic E-state index is 0.0613. The van der Waals surface area contributed by atoms with Gasteiger partial charge in [-0.2, -0.15) is 0 Å². The molecule has 1 aromatic rings. The Morgan fingerprint density at radius 2 is 1.97 bits per heavy atom. The lowest BCUT2D eigenvalue weighted by Gasteiger charge is -2.53. The topological polar surface area (TPSA) is 56.8 Å². The summed E-state index contributed by atoms with van der Waals surface area (Å²) < 4.78 is 17.9. The Morgan fingerprint density at radius 3 is 2.76 bits per heavy atom. The summed E-state index contributed by atoms with van der Waals surface area (Å²) in [7, 11) is 0. The highest BCUT2D eigenvalue weighted by Gasteiger charge is 2.68. The molecular weight excluding hydrogens is 366 g/mol. The van der Waals surface area contributed by atoms with Crippen LogP contribution in [0.1, 0.15) is 64.5 Å². The first-order valence-electron chi connectivity index (χ1n) is 11.3. The van der Waals surface area contributed by atoms with Crippen LogP contribution in [0.25, 0.3) is 0 Å². The minimum Gasteiger partial charge on any atom is -0.486 e. The molecule has 2 saturated carbocycles. The van der Waals surface area contributed by atoms with Crippen molar-refractivity contribution >= 4 is 5.91 Å². The molecule has 2 heterocycles. The van der Waals surface area contributed by atoms with Crippen LogP contribution in [-0.4, -0.2) is 31.8 Å². The number of nitrogens with one attached hydrogen (secondary N) is 1. The maximum absolute atomic E-state index is 12.6. The van der Waals surface area contributed by atoms with E-state index < -0.39 is 0 Å². The molecule has 0 radical (unpaired) electrons. The largest absolute Gasteiger partial charge is 0.486 e. The quantitative estimate of drug-likeness (QED) is 0.822. The third kappa shape index (κ3) is 2.88. The van der Waals surface area contributed by atoms with E-state index in [1.165, 1.54) is 18.4 Å². The summed E-state index contributed by atoms with van der Waals surface area (Å²) in [5.74, 6) is 2.91. The van der Waals surface area contributed by atoms with E-state index in [1.54, 1.807) is 0 Å². The smallest absolute Gasteiger partial charge is 0.220 e. The number of amides is 1. The zero-order chi connectivity index (χ0) is 20.2. The number of ether oxygens (including phenoxy) is 3. The van der Waals surface area contributed by atoms with E-state index in [-0.39, 0.29) is 28.9 Å². The first-order chi connectivity index (χ1) is 14.0. The number of fused-ring (bicyclic) bond motifs is 2. The van der Waals surface area contributed by atoms with Crippen molar-refractivity contribution in [3.8, 4) is 11.5 Å². The van der Waals surface area contributed by atoms with Crippen LogP contribution in [0.5, 0.6) is 11.5 Å². The first kappa shape index (κ1) is 19.2. The van der Waals surface area contributed by atoms with Gasteiger partial charge in [-0.1, -0.05) is 26.8 Å². The molecule has 1 saturated heterocycles. The standard InChI is InChI=1S/C24H33NO4/c1-4-5-20(26)25-22-23(2,3)16-13-17-21(29-9-8-24(17,22)14-16)15-6-7-18-19(12-15)28-11-10-27-18/h6-7,12,16-17,21-22H,4-5,8-11,13-14H2,1-3H3,(H,25,26)/t16-,17-,21-,22+,24-/m1/s1. The summed E-state index contributed by atoms with van der Waals surface area (Å²) in [5, 5.41) is 3.47. The van der Waals surface area contributed by atoms with E-state index >= 15 is 0 Å². The zero-order valence-electron chi connectivity index (χ0n) is 17.8. The van der Waals surface area contributed by atoms with Crippen molar-refractivity contribution in [1.29, 1.82) is 0 Å². The molecule has 5 nitrogen and oxygen atoms in total. The molecule has 5 rings (SSSR count). The van der Waals surface area contributed by atoms with Gasteiger partial charge in [-0.05, 0) is 66.0 Å². The van der Waals surface area contributed by atoms with Crippen molar-refractivity contribution in [3.05, 3.63) is 23.8 Å². The molecule has 4 aliphatic rings. The van der Waals surface area contributed by atoms with Gasteiger partial charge in [0.2, 0.25) is 5.91 Å². The van der Waals surface area contributed by atoms with Crippen molar-refractivity contribution in [2.75, 3.05) is 19.8 Å². The minimum absolute atomic E-state index is 0.0613. The number of carbonyl (C=O) groups excluding carboxylic acids is 1.